The van der Waals surface area contributed by atoms with Crippen molar-refractivity contribution in [3.63, 3.8) is 0 Å². The van der Waals surface area contributed by atoms with E-state index in [2.05, 4.69) is 37.7 Å². The van der Waals surface area contributed by atoms with Crippen LogP contribution in [0.5, 0.6) is 0 Å². The van der Waals surface area contributed by atoms with Crippen molar-refractivity contribution in [2.75, 3.05) is 47.1 Å². The van der Waals surface area contributed by atoms with Crippen LogP contribution in [0.2, 0.25) is 0 Å². The molecule has 13 heavy (non-hydrogen) atoms. The highest BCUT2D eigenvalue weighted by molar-refractivity contribution is 4.47. The van der Waals surface area contributed by atoms with Gasteiger partial charge in [0.25, 0.3) is 0 Å². The van der Waals surface area contributed by atoms with E-state index in [0.29, 0.717) is 0 Å². The van der Waals surface area contributed by atoms with Gasteiger partial charge in [-0.2, -0.15) is 0 Å². The van der Waals surface area contributed by atoms with Crippen LogP contribution in [-0.4, -0.2) is 56.9 Å². The van der Waals surface area contributed by atoms with Gasteiger partial charge in [-0.3, -0.25) is 4.90 Å². The molecule has 0 saturated heterocycles. The van der Waals surface area contributed by atoms with Crippen molar-refractivity contribution in [3.8, 4) is 0 Å². The van der Waals surface area contributed by atoms with E-state index in [9.17, 15) is 0 Å². The molecule has 0 unspecified atom stereocenters. The molecular weight excluding hydrogens is 164 g/mol. The van der Waals surface area contributed by atoms with Crippen LogP contribution in [0.4, 0.5) is 0 Å². The van der Waals surface area contributed by atoms with Gasteiger partial charge in [-0.15, -0.1) is 0 Å². The molecule has 0 aromatic carbocycles. The molecular formula is C10H24N2O. The van der Waals surface area contributed by atoms with Crippen LogP contribution in [0.3, 0.4) is 0 Å². The zero-order chi connectivity index (χ0) is 10.1. The largest absolute Gasteiger partial charge is 0.365 e. The number of likely N-dealkylation sites (N-methyl/N-ethyl adjacent to an activating group) is 1. The first-order chi connectivity index (χ1) is 6.20. The van der Waals surface area contributed by atoms with Gasteiger partial charge in [-0.25, -0.2) is 0 Å². The normalized spacial score (nSPS) is 11.5. The lowest BCUT2D eigenvalue weighted by Crippen LogP contribution is -2.29. The summed E-state index contributed by atoms with van der Waals surface area (Å²) >= 11 is 0. The molecule has 0 rings (SSSR count). The highest BCUT2D eigenvalue weighted by atomic mass is 16.5. The van der Waals surface area contributed by atoms with Crippen LogP contribution in [0.1, 0.15) is 20.3 Å². The van der Waals surface area contributed by atoms with Crippen LogP contribution in [0.25, 0.3) is 0 Å². The molecule has 0 aromatic rings. The fourth-order valence-electron chi connectivity index (χ4n) is 1.07. The van der Waals surface area contributed by atoms with Gasteiger partial charge in [0.2, 0.25) is 0 Å². The van der Waals surface area contributed by atoms with Crippen LogP contribution in [0.15, 0.2) is 0 Å². The Morgan fingerprint density at radius 1 is 1.08 bits per heavy atom. The topological polar surface area (TPSA) is 15.7 Å². The summed E-state index contributed by atoms with van der Waals surface area (Å²) in [6.07, 6.45) is 1.20. The second kappa shape index (κ2) is 8.48. The summed E-state index contributed by atoms with van der Waals surface area (Å²) in [6, 6.07) is 0. The summed E-state index contributed by atoms with van der Waals surface area (Å²) < 4.78 is 5.53. The minimum atomic E-state index is 0.776. The highest BCUT2D eigenvalue weighted by Crippen LogP contribution is 1.91. The van der Waals surface area contributed by atoms with E-state index in [4.69, 9.17) is 4.74 Å². The Morgan fingerprint density at radius 3 is 2.23 bits per heavy atom. The molecule has 0 aliphatic carbocycles. The number of hydrogen-bond acceptors (Lipinski definition) is 3. The maximum atomic E-state index is 5.53. The molecule has 0 fully saturated rings. The van der Waals surface area contributed by atoms with Crippen molar-refractivity contribution in [1.82, 2.24) is 9.80 Å². The average molecular weight is 188 g/mol. The third-order valence-electron chi connectivity index (χ3n) is 1.94. The lowest BCUT2D eigenvalue weighted by Gasteiger charge is -2.19. The summed E-state index contributed by atoms with van der Waals surface area (Å²) in [7, 11) is 4.12. The van der Waals surface area contributed by atoms with Crippen LogP contribution in [-0.2, 0) is 4.74 Å². The van der Waals surface area contributed by atoms with Crippen LogP contribution < -0.4 is 0 Å². The van der Waals surface area contributed by atoms with Crippen molar-refractivity contribution in [2.24, 2.45) is 0 Å². The predicted octanol–water partition coefficient (Wildman–Crippen LogP) is 1.25. The van der Waals surface area contributed by atoms with Gasteiger partial charge >= 0.3 is 0 Å². The van der Waals surface area contributed by atoms with E-state index >= 15 is 0 Å². The van der Waals surface area contributed by atoms with E-state index in [0.717, 1.165) is 33.0 Å². The third-order valence-corrected chi connectivity index (χ3v) is 1.94. The molecule has 3 heteroatoms. The summed E-state index contributed by atoms with van der Waals surface area (Å²) in [5.41, 5.74) is 0. The molecule has 0 spiro atoms. The van der Waals surface area contributed by atoms with E-state index in [1.54, 1.807) is 0 Å². The number of hydrogen-bond donors (Lipinski definition) is 0. The van der Waals surface area contributed by atoms with E-state index in [1.165, 1.54) is 6.42 Å². The number of rotatable bonds is 8. The molecule has 0 bridgehead atoms. The Labute approximate surface area is 82.7 Å². The molecule has 0 atom stereocenters. The Morgan fingerprint density at radius 2 is 1.77 bits per heavy atom. The Balaban J connectivity index is 3.27. The molecule has 0 aromatic heterocycles. The molecule has 3 nitrogen and oxygen atoms in total. The van der Waals surface area contributed by atoms with Gasteiger partial charge in [-0.1, -0.05) is 13.8 Å². The van der Waals surface area contributed by atoms with Crippen LogP contribution >= 0.6 is 0 Å². The first kappa shape index (κ1) is 12.9. The van der Waals surface area contributed by atoms with Gasteiger partial charge < -0.3 is 9.64 Å². The van der Waals surface area contributed by atoms with Gasteiger partial charge in [0, 0.05) is 13.1 Å². The lowest BCUT2D eigenvalue weighted by atomic mass is 10.4. The summed E-state index contributed by atoms with van der Waals surface area (Å²) in [5.74, 6) is 0. The first-order valence-electron chi connectivity index (χ1n) is 5.15. The molecule has 0 radical (unpaired) electrons. The highest BCUT2D eigenvalue weighted by Gasteiger charge is 1.99. The van der Waals surface area contributed by atoms with Gasteiger partial charge in [-0.05, 0) is 27.1 Å². The average Bonchev–Trinajstić information content (AvgIpc) is 2.10. The summed E-state index contributed by atoms with van der Waals surface area (Å²) in [6.45, 7) is 9.19. The number of nitrogens with zero attached hydrogens (tertiary/aromatic N) is 2. The Hall–Kier alpha value is -0.120. The van der Waals surface area contributed by atoms with Crippen molar-refractivity contribution in [2.45, 2.75) is 20.3 Å². The monoisotopic (exact) mass is 188 g/mol. The minimum Gasteiger partial charge on any atom is -0.365 e. The second-order valence-electron chi connectivity index (χ2n) is 3.55. The molecule has 0 heterocycles. The zero-order valence-electron chi connectivity index (χ0n) is 9.55. The van der Waals surface area contributed by atoms with Crippen LogP contribution in [0, 0.1) is 0 Å². The molecule has 0 aliphatic rings. The van der Waals surface area contributed by atoms with Crippen molar-refractivity contribution in [3.05, 3.63) is 0 Å². The molecule has 80 valence electrons. The maximum absolute atomic E-state index is 5.53. The van der Waals surface area contributed by atoms with Gasteiger partial charge in [0.15, 0.2) is 0 Å². The first-order valence-corrected chi connectivity index (χ1v) is 5.15. The minimum absolute atomic E-state index is 0.776. The van der Waals surface area contributed by atoms with Crippen molar-refractivity contribution >= 4 is 0 Å². The fourth-order valence-corrected chi connectivity index (χ4v) is 1.07. The second-order valence-corrected chi connectivity index (χ2v) is 3.55. The summed E-state index contributed by atoms with van der Waals surface area (Å²) in [5, 5.41) is 0. The fraction of sp³-hybridized carbons (Fsp3) is 1.00. The van der Waals surface area contributed by atoms with E-state index < -0.39 is 0 Å². The standard InChI is InChI=1S/C10H24N2O/c1-5-7-12(6-2)10-13-9-8-11(3)4/h5-10H2,1-4H3. The lowest BCUT2D eigenvalue weighted by molar-refractivity contribution is 0.0252. The molecule has 0 saturated carbocycles. The Bertz CT molecular complexity index is 107. The molecule has 0 aliphatic heterocycles. The van der Waals surface area contributed by atoms with Gasteiger partial charge in [0.1, 0.15) is 0 Å². The Kier molecular flexibility index (Phi) is 8.40. The zero-order valence-corrected chi connectivity index (χ0v) is 9.55. The number of ether oxygens (including phenoxy) is 1. The smallest absolute Gasteiger partial charge is 0.0990 e. The predicted molar refractivity (Wildman–Crippen MR) is 56.9 cm³/mol. The van der Waals surface area contributed by atoms with Crippen molar-refractivity contribution < 1.29 is 4.74 Å². The summed E-state index contributed by atoms with van der Waals surface area (Å²) in [4.78, 5) is 4.45. The maximum Gasteiger partial charge on any atom is 0.0990 e. The van der Waals surface area contributed by atoms with Crippen molar-refractivity contribution in [1.29, 1.82) is 0 Å². The van der Waals surface area contributed by atoms with E-state index in [-0.39, 0.29) is 0 Å². The quantitative estimate of drug-likeness (QED) is 0.421. The van der Waals surface area contributed by atoms with Gasteiger partial charge in [0.05, 0.1) is 13.3 Å². The molecule has 0 N–H and O–H groups in total. The van der Waals surface area contributed by atoms with E-state index in [1.807, 2.05) is 0 Å². The third kappa shape index (κ3) is 8.22. The SMILES string of the molecule is CCCN(CC)COCCN(C)C. The molecule has 0 amide bonds.